The molecule has 0 bridgehead atoms. The standard InChI is InChI=1S/C26H19ClN2O5/c27-20-8-2-4-10-22(20)29-24(31)18-12-11-17(14-19(18)25(29)32)26(33)34-15-23(30)28-13-5-7-16-6-1-3-9-21(16)28/h1-4,6,8-12,14H,5,7,13,15H2. The maximum atomic E-state index is 13.0. The van der Waals surface area contributed by atoms with Crippen LogP contribution in [0.2, 0.25) is 5.02 Å². The molecule has 8 heteroatoms. The Balaban J connectivity index is 1.31. The minimum Gasteiger partial charge on any atom is -0.452 e. The Morgan fingerprint density at radius 3 is 2.38 bits per heavy atom. The van der Waals surface area contributed by atoms with Crippen LogP contribution in [0.4, 0.5) is 11.4 Å². The van der Waals surface area contributed by atoms with Crippen molar-refractivity contribution in [3.8, 4) is 0 Å². The van der Waals surface area contributed by atoms with Gasteiger partial charge < -0.3 is 9.64 Å². The molecule has 0 aliphatic carbocycles. The Morgan fingerprint density at radius 2 is 1.59 bits per heavy atom. The van der Waals surface area contributed by atoms with Crippen molar-refractivity contribution in [3.05, 3.63) is 94.0 Å². The summed E-state index contributed by atoms with van der Waals surface area (Å²) in [6.07, 6.45) is 1.73. The summed E-state index contributed by atoms with van der Waals surface area (Å²) in [6, 6.07) is 18.3. The smallest absolute Gasteiger partial charge is 0.338 e. The summed E-state index contributed by atoms with van der Waals surface area (Å²) in [5, 5.41) is 0.259. The minimum atomic E-state index is -0.752. The number of anilines is 2. The van der Waals surface area contributed by atoms with E-state index in [4.69, 9.17) is 16.3 Å². The van der Waals surface area contributed by atoms with E-state index in [1.807, 2.05) is 24.3 Å². The van der Waals surface area contributed by atoms with Gasteiger partial charge in [-0.15, -0.1) is 0 Å². The number of imide groups is 1. The van der Waals surface area contributed by atoms with Crippen LogP contribution in [0, 0.1) is 0 Å². The first-order valence-electron chi connectivity index (χ1n) is 10.8. The number of nitrogens with zero attached hydrogens (tertiary/aromatic N) is 2. The number of carbonyl (C=O) groups is 4. The number of esters is 1. The highest BCUT2D eigenvalue weighted by Gasteiger charge is 2.38. The van der Waals surface area contributed by atoms with Crippen molar-refractivity contribution in [3.63, 3.8) is 0 Å². The maximum Gasteiger partial charge on any atom is 0.338 e. The van der Waals surface area contributed by atoms with Crippen molar-refractivity contribution in [2.24, 2.45) is 0 Å². The lowest BCUT2D eigenvalue weighted by molar-refractivity contribution is -0.121. The second-order valence-electron chi connectivity index (χ2n) is 8.01. The third kappa shape index (κ3) is 3.74. The summed E-state index contributed by atoms with van der Waals surface area (Å²) in [6.45, 7) is 0.129. The number of aryl methyl sites for hydroxylation is 1. The van der Waals surface area contributed by atoms with Gasteiger partial charge in [0.2, 0.25) is 0 Å². The van der Waals surface area contributed by atoms with Crippen LogP contribution >= 0.6 is 11.6 Å². The molecule has 3 aromatic rings. The van der Waals surface area contributed by atoms with Crippen molar-refractivity contribution >= 4 is 46.7 Å². The largest absolute Gasteiger partial charge is 0.452 e. The summed E-state index contributed by atoms with van der Waals surface area (Å²) in [7, 11) is 0. The van der Waals surface area contributed by atoms with Crippen molar-refractivity contribution in [1.82, 2.24) is 0 Å². The van der Waals surface area contributed by atoms with Gasteiger partial charge in [-0.25, -0.2) is 9.69 Å². The van der Waals surface area contributed by atoms with Crippen molar-refractivity contribution in [2.45, 2.75) is 12.8 Å². The van der Waals surface area contributed by atoms with Gasteiger partial charge in [0.05, 0.1) is 27.4 Å². The van der Waals surface area contributed by atoms with Crippen LogP contribution in [0.25, 0.3) is 0 Å². The molecule has 2 aliphatic heterocycles. The normalized spacial score (nSPS) is 14.6. The number of ether oxygens (including phenoxy) is 1. The van der Waals surface area contributed by atoms with E-state index < -0.39 is 24.4 Å². The number of fused-ring (bicyclic) bond motifs is 2. The molecule has 0 atom stereocenters. The van der Waals surface area contributed by atoms with Crippen LogP contribution in [-0.2, 0) is 16.0 Å². The van der Waals surface area contributed by atoms with Gasteiger partial charge in [-0.2, -0.15) is 0 Å². The predicted molar refractivity (Wildman–Crippen MR) is 126 cm³/mol. The van der Waals surface area contributed by atoms with Crippen molar-refractivity contribution < 1.29 is 23.9 Å². The van der Waals surface area contributed by atoms with Crippen molar-refractivity contribution in [1.29, 1.82) is 0 Å². The van der Waals surface area contributed by atoms with Crippen molar-refractivity contribution in [2.75, 3.05) is 23.0 Å². The molecule has 2 heterocycles. The molecular formula is C26H19ClN2O5. The Morgan fingerprint density at radius 1 is 0.882 bits per heavy atom. The lowest BCUT2D eigenvalue weighted by Crippen LogP contribution is -2.38. The van der Waals surface area contributed by atoms with Gasteiger partial charge in [-0.3, -0.25) is 14.4 Å². The van der Waals surface area contributed by atoms with Gasteiger partial charge in [-0.1, -0.05) is 41.9 Å². The van der Waals surface area contributed by atoms with Crippen LogP contribution in [0.5, 0.6) is 0 Å². The second-order valence-corrected chi connectivity index (χ2v) is 8.42. The third-order valence-corrected chi connectivity index (χ3v) is 6.27. The molecule has 0 unspecified atom stereocenters. The molecule has 0 spiro atoms. The fraction of sp³-hybridized carbons (Fsp3) is 0.154. The molecule has 3 amide bonds. The van der Waals surface area contributed by atoms with Gasteiger partial charge in [0.15, 0.2) is 6.61 Å². The quantitative estimate of drug-likeness (QED) is 0.416. The fourth-order valence-electron chi connectivity index (χ4n) is 4.30. The highest BCUT2D eigenvalue weighted by Crippen LogP contribution is 2.33. The van der Waals surface area contributed by atoms with Gasteiger partial charge in [0, 0.05) is 12.2 Å². The molecule has 5 rings (SSSR count). The van der Waals surface area contributed by atoms with Gasteiger partial charge in [0.1, 0.15) is 0 Å². The summed E-state index contributed by atoms with van der Waals surface area (Å²) in [5.41, 5.74) is 2.51. The van der Waals surface area contributed by atoms with E-state index in [1.54, 1.807) is 29.2 Å². The van der Waals surface area contributed by atoms with Gasteiger partial charge in [-0.05, 0) is 54.8 Å². The van der Waals surface area contributed by atoms with Crippen LogP contribution in [-0.4, -0.2) is 36.8 Å². The average molecular weight is 475 g/mol. The summed E-state index contributed by atoms with van der Waals surface area (Å²) in [4.78, 5) is 53.8. The highest BCUT2D eigenvalue weighted by molar-refractivity contribution is 6.39. The number of rotatable bonds is 4. The van der Waals surface area contributed by atoms with E-state index in [0.717, 1.165) is 29.0 Å². The van der Waals surface area contributed by atoms with Crippen LogP contribution in [0.1, 0.15) is 43.1 Å². The lowest BCUT2D eigenvalue weighted by atomic mass is 10.0. The molecule has 7 nitrogen and oxygen atoms in total. The number of hydrogen-bond acceptors (Lipinski definition) is 5. The lowest BCUT2D eigenvalue weighted by Gasteiger charge is -2.29. The molecule has 0 N–H and O–H groups in total. The number of hydrogen-bond donors (Lipinski definition) is 0. The monoisotopic (exact) mass is 474 g/mol. The third-order valence-electron chi connectivity index (χ3n) is 5.95. The van der Waals surface area contributed by atoms with E-state index in [0.29, 0.717) is 6.54 Å². The van der Waals surface area contributed by atoms with E-state index >= 15 is 0 Å². The molecule has 170 valence electrons. The zero-order valence-electron chi connectivity index (χ0n) is 18.0. The van der Waals surface area contributed by atoms with E-state index in [2.05, 4.69) is 0 Å². The fourth-order valence-corrected chi connectivity index (χ4v) is 4.52. The Bertz CT molecular complexity index is 1350. The molecule has 0 fully saturated rings. The summed E-state index contributed by atoms with van der Waals surface area (Å²) >= 11 is 6.17. The minimum absolute atomic E-state index is 0.0766. The molecular weight excluding hydrogens is 456 g/mol. The topological polar surface area (TPSA) is 84.0 Å². The van der Waals surface area contributed by atoms with Crippen LogP contribution < -0.4 is 9.80 Å². The molecule has 34 heavy (non-hydrogen) atoms. The maximum absolute atomic E-state index is 13.0. The second kappa shape index (κ2) is 8.76. The number of halogens is 1. The molecule has 0 aromatic heterocycles. The average Bonchev–Trinajstić information content (AvgIpc) is 3.11. The Kier molecular flexibility index (Phi) is 5.63. The molecule has 0 saturated heterocycles. The first-order valence-corrected chi connectivity index (χ1v) is 11.2. The number of para-hydroxylation sites is 2. The zero-order chi connectivity index (χ0) is 23.8. The highest BCUT2D eigenvalue weighted by atomic mass is 35.5. The molecule has 0 radical (unpaired) electrons. The van der Waals surface area contributed by atoms with Crippen LogP contribution in [0.15, 0.2) is 66.7 Å². The molecule has 2 aliphatic rings. The zero-order valence-corrected chi connectivity index (χ0v) is 18.7. The van der Waals surface area contributed by atoms with Gasteiger partial charge in [0.25, 0.3) is 17.7 Å². The molecule has 0 saturated carbocycles. The SMILES string of the molecule is O=C(OCC(=O)N1CCCc2ccccc21)c1ccc2c(c1)C(=O)N(c1ccccc1Cl)C2=O. The Hall–Kier alpha value is -3.97. The van der Waals surface area contributed by atoms with E-state index in [-0.39, 0.29) is 33.3 Å². The van der Waals surface area contributed by atoms with Crippen LogP contribution in [0.3, 0.4) is 0 Å². The summed E-state index contributed by atoms with van der Waals surface area (Å²) in [5.74, 6) is -2.17. The van der Waals surface area contributed by atoms with E-state index in [9.17, 15) is 19.2 Å². The molecule has 3 aromatic carbocycles. The number of carbonyl (C=O) groups excluding carboxylic acids is 4. The predicted octanol–water partition coefficient (Wildman–Crippen LogP) is 4.28. The first-order chi connectivity index (χ1) is 16.5. The summed E-state index contributed by atoms with van der Waals surface area (Å²) < 4.78 is 5.25. The Labute approximate surface area is 200 Å². The number of benzene rings is 3. The number of amides is 3. The van der Waals surface area contributed by atoms with E-state index in [1.165, 1.54) is 18.2 Å². The first kappa shape index (κ1) is 21.9. The van der Waals surface area contributed by atoms with Gasteiger partial charge >= 0.3 is 5.97 Å².